The van der Waals surface area contributed by atoms with Crippen LogP contribution in [0.1, 0.15) is 6.92 Å². The van der Waals surface area contributed by atoms with Crippen LogP contribution < -0.4 is 10.0 Å². The van der Waals surface area contributed by atoms with Gasteiger partial charge < -0.3 is 5.32 Å². The fourth-order valence-corrected chi connectivity index (χ4v) is 2.96. The molecule has 0 spiro atoms. The predicted molar refractivity (Wildman–Crippen MR) is 83.5 cm³/mol. The summed E-state index contributed by atoms with van der Waals surface area (Å²) >= 11 is 11.7. The lowest BCUT2D eigenvalue weighted by Gasteiger charge is -2.09. The van der Waals surface area contributed by atoms with Crippen molar-refractivity contribution in [1.82, 2.24) is 9.97 Å². The number of hydrogen-bond donors (Lipinski definition) is 2. The molecule has 21 heavy (non-hydrogen) atoms. The van der Waals surface area contributed by atoms with E-state index < -0.39 is 10.0 Å². The van der Waals surface area contributed by atoms with E-state index in [1.165, 1.54) is 30.6 Å². The van der Waals surface area contributed by atoms with E-state index in [1.54, 1.807) is 0 Å². The largest absolute Gasteiger partial charge is 0.355 e. The highest BCUT2D eigenvalue weighted by molar-refractivity contribution is 7.92. The number of anilines is 2. The Morgan fingerprint density at radius 3 is 2.43 bits per heavy atom. The molecule has 0 amide bonds. The van der Waals surface area contributed by atoms with Crippen molar-refractivity contribution in [3.05, 3.63) is 40.6 Å². The van der Waals surface area contributed by atoms with E-state index in [2.05, 4.69) is 20.0 Å². The number of halogens is 2. The van der Waals surface area contributed by atoms with E-state index in [1.807, 2.05) is 6.92 Å². The fourth-order valence-electron chi connectivity index (χ4n) is 1.48. The number of nitrogens with zero attached hydrogens (tertiary/aromatic N) is 2. The van der Waals surface area contributed by atoms with E-state index in [-0.39, 0.29) is 15.6 Å². The van der Waals surface area contributed by atoms with E-state index >= 15 is 0 Å². The third kappa shape index (κ3) is 3.96. The van der Waals surface area contributed by atoms with Gasteiger partial charge in [-0.3, -0.25) is 4.72 Å². The van der Waals surface area contributed by atoms with Crippen molar-refractivity contribution in [2.45, 2.75) is 11.8 Å². The first-order valence-corrected chi connectivity index (χ1v) is 8.20. The highest BCUT2D eigenvalue weighted by Crippen LogP contribution is 2.27. The van der Waals surface area contributed by atoms with Crippen LogP contribution in [-0.4, -0.2) is 24.9 Å². The molecule has 0 aliphatic carbocycles. The minimum Gasteiger partial charge on any atom is -0.355 e. The van der Waals surface area contributed by atoms with Crippen LogP contribution >= 0.6 is 23.2 Å². The Kier molecular flexibility index (Phi) is 4.87. The van der Waals surface area contributed by atoms with Gasteiger partial charge in [-0.25, -0.2) is 18.4 Å². The summed E-state index contributed by atoms with van der Waals surface area (Å²) in [5.74, 6) is 0.362. The van der Waals surface area contributed by atoms with Crippen molar-refractivity contribution < 1.29 is 8.42 Å². The molecule has 0 fully saturated rings. The van der Waals surface area contributed by atoms with Crippen LogP contribution in [0, 0.1) is 0 Å². The topological polar surface area (TPSA) is 84.0 Å². The second kappa shape index (κ2) is 6.46. The van der Waals surface area contributed by atoms with Crippen molar-refractivity contribution in [2.75, 3.05) is 16.6 Å². The lowest BCUT2D eigenvalue weighted by molar-refractivity contribution is 0.600. The van der Waals surface area contributed by atoms with Crippen molar-refractivity contribution in [2.24, 2.45) is 0 Å². The molecule has 1 aromatic heterocycles. The highest BCUT2D eigenvalue weighted by atomic mass is 35.5. The molecule has 2 aromatic rings. The fraction of sp³-hybridized carbons (Fsp3) is 0.167. The molecule has 9 heteroatoms. The zero-order valence-electron chi connectivity index (χ0n) is 11.0. The first-order chi connectivity index (χ1) is 9.92. The summed E-state index contributed by atoms with van der Waals surface area (Å²) < 4.78 is 26.8. The Morgan fingerprint density at radius 2 is 1.86 bits per heavy atom. The average molecular weight is 347 g/mol. The summed E-state index contributed by atoms with van der Waals surface area (Å²) in [5.41, 5.74) is 0.233. The molecule has 0 aliphatic rings. The van der Waals surface area contributed by atoms with Gasteiger partial charge in [0.15, 0.2) is 0 Å². The Bertz CT molecular complexity index is 735. The van der Waals surface area contributed by atoms with Crippen LogP contribution in [0.4, 0.5) is 11.6 Å². The molecule has 2 rings (SSSR count). The van der Waals surface area contributed by atoms with Gasteiger partial charge in [0, 0.05) is 11.6 Å². The number of hydrogen-bond acceptors (Lipinski definition) is 5. The molecule has 1 aromatic carbocycles. The number of benzene rings is 1. The van der Waals surface area contributed by atoms with Crippen LogP contribution in [0.2, 0.25) is 10.0 Å². The van der Waals surface area contributed by atoms with E-state index in [4.69, 9.17) is 23.2 Å². The van der Waals surface area contributed by atoms with Gasteiger partial charge in [0.1, 0.15) is 4.90 Å². The summed E-state index contributed by atoms with van der Waals surface area (Å²) in [6.45, 7) is 2.53. The van der Waals surface area contributed by atoms with Crippen LogP contribution in [0.5, 0.6) is 0 Å². The number of nitrogens with one attached hydrogen (secondary N) is 2. The van der Waals surface area contributed by atoms with Gasteiger partial charge in [-0.2, -0.15) is 0 Å². The molecule has 0 saturated carbocycles. The third-order valence-corrected chi connectivity index (χ3v) is 4.32. The van der Waals surface area contributed by atoms with Gasteiger partial charge in [0.25, 0.3) is 10.0 Å². The van der Waals surface area contributed by atoms with Crippen molar-refractivity contribution >= 4 is 44.9 Å². The molecule has 0 atom stereocenters. The molecule has 0 saturated heterocycles. The van der Waals surface area contributed by atoms with Crippen LogP contribution in [0.15, 0.2) is 35.5 Å². The van der Waals surface area contributed by atoms with Gasteiger partial charge >= 0.3 is 0 Å². The van der Waals surface area contributed by atoms with Gasteiger partial charge in [0.05, 0.1) is 23.1 Å². The quantitative estimate of drug-likeness (QED) is 0.869. The van der Waals surface area contributed by atoms with Gasteiger partial charge in [-0.15, -0.1) is 0 Å². The van der Waals surface area contributed by atoms with Gasteiger partial charge in [0.2, 0.25) is 5.95 Å². The standard InChI is InChI=1S/C12H12Cl2N4O2S/c1-2-15-12-16-6-9(7-17-12)21(19,20)18-11-4-3-8(13)5-10(11)14/h3-7,18H,2H2,1H3,(H,15,16,17). The average Bonchev–Trinajstić information content (AvgIpc) is 2.43. The molecule has 0 unspecified atom stereocenters. The molecular weight excluding hydrogens is 335 g/mol. The maximum Gasteiger partial charge on any atom is 0.265 e. The normalized spacial score (nSPS) is 11.2. The number of sulfonamides is 1. The predicted octanol–water partition coefficient (Wildman–Crippen LogP) is 3.02. The number of rotatable bonds is 5. The van der Waals surface area contributed by atoms with E-state index in [0.29, 0.717) is 17.5 Å². The summed E-state index contributed by atoms with van der Waals surface area (Å²) in [5, 5.41) is 3.50. The Balaban J connectivity index is 2.25. The minimum atomic E-state index is -3.81. The molecule has 2 N–H and O–H groups in total. The van der Waals surface area contributed by atoms with Crippen molar-refractivity contribution in [1.29, 1.82) is 0 Å². The lowest BCUT2D eigenvalue weighted by atomic mass is 10.3. The van der Waals surface area contributed by atoms with Crippen LogP contribution in [0.25, 0.3) is 0 Å². The van der Waals surface area contributed by atoms with Crippen molar-refractivity contribution in [3.63, 3.8) is 0 Å². The first kappa shape index (κ1) is 15.8. The van der Waals surface area contributed by atoms with Crippen LogP contribution in [0.3, 0.4) is 0 Å². The molecule has 0 radical (unpaired) electrons. The maximum atomic E-state index is 12.2. The smallest absolute Gasteiger partial charge is 0.265 e. The summed E-state index contributed by atoms with van der Waals surface area (Å²) in [4.78, 5) is 7.77. The first-order valence-electron chi connectivity index (χ1n) is 5.96. The zero-order valence-corrected chi connectivity index (χ0v) is 13.3. The second-order valence-corrected chi connectivity index (χ2v) is 6.53. The lowest BCUT2D eigenvalue weighted by Crippen LogP contribution is -2.14. The highest BCUT2D eigenvalue weighted by Gasteiger charge is 2.17. The molecule has 6 nitrogen and oxygen atoms in total. The van der Waals surface area contributed by atoms with Gasteiger partial charge in [-0.1, -0.05) is 23.2 Å². The third-order valence-electron chi connectivity index (χ3n) is 2.45. The van der Waals surface area contributed by atoms with E-state index in [9.17, 15) is 8.42 Å². The second-order valence-electron chi connectivity index (χ2n) is 4.00. The SMILES string of the molecule is CCNc1ncc(S(=O)(=O)Nc2ccc(Cl)cc2Cl)cn1. The summed E-state index contributed by atoms with van der Waals surface area (Å²) in [7, 11) is -3.81. The van der Waals surface area contributed by atoms with Gasteiger partial charge in [-0.05, 0) is 25.1 Å². The molecule has 0 aliphatic heterocycles. The van der Waals surface area contributed by atoms with Crippen molar-refractivity contribution in [3.8, 4) is 0 Å². The monoisotopic (exact) mass is 346 g/mol. The number of aromatic nitrogens is 2. The van der Waals surface area contributed by atoms with Crippen LogP contribution in [-0.2, 0) is 10.0 Å². The molecule has 112 valence electrons. The summed E-state index contributed by atoms with van der Waals surface area (Å²) in [6.07, 6.45) is 2.44. The molecule has 1 heterocycles. The molecule has 0 bridgehead atoms. The minimum absolute atomic E-state index is 0.0600. The Labute approximate surface area is 132 Å². The zero-order chi connectivity index (χ0) is 15.5. The van der Waals surface area contributed by atoms with E-state index in [0.717, 1.165) is 0 Å². The maximum absolute atomic E-state index is 12.2. The Hall–Kier alpha value is -1.57. The Morgan fingerprint density at radius 1 is 1.19 bits per heavy atom. The molecular formula is C12H12Cl2N4O2S. The summed E-state index contributed by atoms with van der Waals surface area (Å²) in [6, 6.07) is 4.47.